The van der Waals surface area contributed by atoms with Gasteiger partial charge in [0.1, 0.15) is 0 Å². The van der Waals surface area contributed by atoms with E-state index in [1.807, 2.05) is 12.3 Å². The third kappa shape index (κ3) is 2.77. The van der Waals surface area contributed by atoms with Crippen molar-refractivity contribution < 1.29 is 0 Å². The SMILES string of the molecule is Brc1ccc(CN2CCCNC2)nc1. The second-order valence-electron chi connectivity index (χ2n) is 3.53. The molecule has 1 aliphatic heterocycles. The molecule has 1 saturated heterocycles. The molecule has 1 N–H and O–H groups in total. The fraction of sp³-hybridized carbons (Fsp3) is 0.500. The molecule has 0 unspecified atom stereocenters. The van der Waals surface area contributed by atoms with Crippen molar-refractivity contribution in [3.05, 3.63) is 28.5 Å². The summed E-state index contributed by atoms with van der Waals surface area (Å²) in [7, 11) is 0. The van der Waals surface area contributed by atoms with E-state index in [1.54, 1.807) is 0 Å². The summed E-state index contributed by atoms with van der Waals surface area (Å²) in [5.74, 6) is 0. The molecule has 0 saturated carbocycles. The summed E-state index contributed by atoms with van der Waals surface area (Å²) in [5, 5.41) is 3.36. The van der Waals surface area contributed by atoms with Crippen LogP contribution in [0.4, 0.5) is 0 Å². The van der Waals surface area contributed by atoms with E-state index in [1.165, 1.54) is 13.0 Å². The summed E-state index contributed by atoms with van der Waals surface area (Å²) >= 11 is 3.38. The van der Waals surface area contributed by atoms with Crippen LogP contribution in [-0.2, 0) is 6.54 Å². The van der Waals surface area contributed by atoms with Gasteiger partial charge in [0.25, 0.3) is 0 Å². The van der Waals surface area contributed by atoms with Crippen LogP contribution in [0.2, 0.25) is 0 Å². The van der Waals surface area contributed by atoms with Crippen molar-refractivity contribution >= 4 is 15.9 Å². The van der Waals surface area contributed by atoms with E-state index in [4.69, 9.17) is 0 Å². The Hall–Kier alpha value is -0.450. The molecule has 1 fully saturated rings. The fourth-order valence-electron chi connectivity index (χ4n) is 1.61. The maximum Gasteiger partial charge on any atom is 0.0545 e. The van der Waals surface area contributed by atoms with Gasteiger partial charge in [-0.05, 0) is 41.0 Å². The Morgan fingerprint density at radius 2 is 2.43 bits per heavy atom. The summed E-state index contributed by atoms with van der Waals surface area (Å²) in [6.07, 6.45) is 3.09. The van der Waals surface area contributed by atoms with Crippen LogP contribution in [0.5, 0.6) is 0 Å². The molecule has 0 amide bonds. The number of rotatable bonds is 2. The molecule has 0 aromatic carbocycles. The number of pyridine rings is 1. The van der Waals surface area contributed by atoms with Gasteiger partial charge in [0, 0.05) is 30.4 Å². The van der Waals surface area contributed by atoms with Crippen LogP contribution in [0.25, 0.3) is 0 Å². The molecule has 0 radical (unpaired) electrons. The predicted molar refractivity (Wildman–Crippen MR) is 59.8 cm³/mol. The number of hydrogen-bond donors (Lipinski definition) is 1. The van der Waals surface area contributed by atoms with Gasteiger partial charge in [-0.1, -0.05) is 0 Å². The van der Waals surface area contributed by atoms with Crippen LogP contribution in [-0.4, -0.2) is 29.6 Å². The normalized spacial score (nSPS) is 18.4. The molecule has 3 nitrogen and oxygen atoms in total. The topological polar surface area (TPSA) is 28.2 Å². The van der Waals surface area contributed by atoms with Crippen molar-refractivity contribution in [1.82, 2.24) is 15.2 Å². The maximum absolute atomic E-state index is 4.36. The van der Waals surface area contributed by atoms with Crippen molar-refractivity contribution in [3.8, 4) is 0 Å². The highest BCUT2D eigenvalue weighted by Crippen LogP contribution is 2.09. The standard InChI is InChI=1S/C10H14BrN3/c11-9-2-3-10(13-6-9)7-14-5-1-4-12-8-14/h2-3,6,12H,1,4-5,7-8H2. The van der Waals surface area contributed by atoms with Gasteiger partial charge in [0.05, 0.1) is 5.69 Å². The first kappa shape index (κ1) is 10.1. The van der Waals surface area contributed by atoms with Gasteiger partial charge in [-0.2, -0.15) is 0 Å². The minimum absolute atomic E-state index is 0.945. The Labute approximate surface area is 92.6 Å². The van der Waals surface area contributed by atoms with E-state index >= 15 is 0 Å². The molecule has 1 aromatic rings. The Kier molecular flexibility index (Phi) is 3.50. The zero-order valence-electron chi connectivity index (χ0n) is 8.04. The van der Waals surface area contributed by atoms with Gasteiger partial charge in [-0.3, -0.25) is 9.88 Å². The van der Waals surface area contributed by atoms with Gasteiger partial charge in [-0.25, -0.2) is 0 Å². The van der Waals surface area contributed by atoms with Crippen molar-refractivity contribution in [2.45, 2.75) is 13.0 Å². The van der Waals surface area contributed by atoms with Crippen LogP contribution in [0.15, 0.2) is 22.8 Å². The zero-order valence-corrected chi connectivity index (χ0v) is 9.63. The summed E-state index contributed by atoms with van der Waals surface area (Å²) in [5.41, 5.74) is 1.14. The summed E-state index contributed by atoms with van der Waals surface area (Å²) in [4.78, 5) is 6.73. The Morgan fingerprint density at radius 1 is 1.50 bits per heavy atom. The molecule has 2 heterocycles. The average molecular weight is 256 g/mol. The van der Waals surface area contributed by atoms with E-state index in [9.17, 15) is 0 Å². The van der Waals surface area contributed by atoms with Crippen molar-refractivity contribution in [2.24, 2.45) is 0 Å². The third-order valence-electron chi connectivity index (χ3n) is 2.34. The van der Waals surface area contributed by atoms with E-state index < -0.39 is 0 Å². The molecule has 76 valence electrons. The van der Waals surface area contributed by atoms with Crippen LogP contribution in [0.3, 0.4) is 0 Å². The first-order valence-electron chi connectivity index (χ1n) is 4.88. The second kappa shape index (κ2) is 4.87. The smallest absolute Gasteiger partial charge is 0.0545 e. The van der Waals surface area contributed by atoms with E-state index in [0.717, 1.165) is 29.9 Å². The van der Waals surface area contributed by atoms with Crippen LogP contribution in [0.1, 0.15) is 12.1 Å². The van der Waals surface area contributed by atoms with E-state index in [-0.39, 0.29) is 0 Å². The lowest BCUT2D eigenvalue weighted by Crippen LogP contribution is -2.41. The van der Waals surface area contributed by atoms with Crippen LogP contribution in [0, 0.1) is 0 Å². The number of nitrogens with one attached hydrogen (secondary N) is 1. The molecular weight excluding hydrogens is 242 g/mol. The summed E-state index contributed by atoms with van der Waals surface area (Å²) in [6, 6.07) is 4.11. The highest BCUT2D eigenvalue weighted by atomic mass is 79.9. The third-order valence-corrected chi connectivity index (χ3v) is 2.81. The van der Waals surface area contributed by atoms with Crippen molar-refractivity contribution in [3.63, 3.8) is 0 Å². The molecule has 0 atom stereocenters. The number of hydrogen-bond acceptors (Lipinski definition) is 3. The molecule has 14 heavy (non-hydrogen) atoms. The fourth-order valence-corrected chi connectivity index (χ4v) is 1.84. The van der Waals surface area contributed by atoms with Crippen molar-refractivity contribution in [1.29, 1.82) is 0 Å². The Balaban J connectivity index is 1.92. The first-order valence-corrected chi connectivity index (χ1v) is 5.67. The molecule has 1 aromatic heterocycles. The van der Waals surface area contributed by atoms with E-state index in [0.29, 0.717) is 0 Å². The second-order valence-corrected chi connectivity index (χ2v) is 4.45. The molecule has 1 aliphatic rings. The van der Waals surface area contributed by atoms with Gasteiger partial charge < -0.3 is 5.32 Å². The predicted octanol–water partition coefficient (Wildman–Crippen LogP) is 1.60. The number of nitrogens with zero attached hydrogens (tertiary/aromatic N) is 2. The largest absolute Gasteiger partial charge is 0.304 e. The lowest BCUT2D eigenvalue weighted by molar-refractivity contribution is 0.205. The minimum atomic E-state index is 0.945. The number of aromatic nitrogens is 1. The van der Waals surface area contributed by atoms with Gasteiger partial charge >= 0.3 is 0 Å². The zero-order chi connectivity index (χ0) is 9.80. The van der Waals surface area contributed by atoms with Gasteiger partial charge in [0.15, 0.2) is 0 Å². The lowest BCUT2D eigenvalue weighted by atomic mass is 10.3. The van der Waals surface area contributed by atoms with E-state index in [2.05, 4.69) is 37.2 Å². The van der Waals surface area contributed by atoms with Gasteiger partial charge in [-0.15, -0.1) is 0 Å². The molecule has 4 heteroatoms. The molecule has 0 spiro atoms. The van der Waals surface area contributed by atoms with Crippen molar-refractivity contribution in [2.75, 3.05) is 19.8 Å². The highest BCUT2D eigenvalue weighted by Gasteiger charge is 2.09. The molecule has 0 bridgehead atoms. The number of halogens is 1. The molecule has 0 aliphatic carbocycles. The van der Waals surface area contributed by atoms with Crippen LogP contribution >= 0.6 is 15.9 Å². The Bertz CT molecular complexity index is 280. The highest BCUT2D eigenvalue weighted by molar-refractivity contribution is 9.10. The monoisotopic (exact) mass is 255 g/mol. The molecule has 2 rings (SSSR count). The minimum Gasteiger partial charge on any atom is -0.304 e. The maximum atomic E-state index is 4.36. The quantitative estimate of drug-likeness (QED) is 0.871. The van der Waals surface area contributed by atoms with Crippen LogP contribution < -0.4 is 5.32 Å². The summed E-state index contributed by atoms with van der Waals surface area (Å²) in [6.45, 7) is 4.24. The molecular formula is C10H14BrN3. The summed E-state index contributed by atoms with van der Waals surface area (Å²) < 4.78 is 1.04. The first-order chi connectivity index (χ1) is 6.84. The Morgan fingerprint density at radius 3 is 3.07 bits per heavy atom. The average Bonchev–Trinajstić information content (AvgIpc) is 2.23. The van der Waals surface area contributed by atoms with Gasteiger partial charge in [0.2, 0.25) is 0 Å². The lowest BCUT2D eigenvalue weighted by Gasteiger charge is -2.26.